The molecule has 0 spiro atoms. The number of methoxy groups -OCH3 is 1. The zero-order chi connectivity index (χ0) is 13.3. The Bertz CT molecular complexity index is 629. The van der Waals surface area contributed by atoms with Crippen LogP contribution in [0.15, 0.2) is 17.3 Å². The molecule has 0 fully saturated rings. The van der Waals surface area contributed by atoms with Gasteiger partial charge >= 0.3 is 5.97 Å². The standard InChI is InChI=1S/C13H14N2O3/c1-7-4-5-8(2)11-10(7)9(6-14-17)12(15-11)13(16)18-3/h4-5,15H,6H2,1-3H3. The van der Waals surface area contributed by atoms with Crippen LogP contribution in [0.25, 0.3) is 10.9 Å². The Morgan fingerprint density at radius 2 is 2.00 bits per heavy atom. The van der Waals surface area contributed by atoms with Crippen LogP contribution in [0.5, 0.6) is 0 Å². The van der Waals surface area contributed by atoms with Crippen molar-refractivity contribution >= 4 is 16.9 Å². The van der Waals surface area contributed by atoms with Gasteiger partial charge in [-0.25, -0.2) is 4.79 Å². The first-order chi connectivity index (χ1) is 8.60. The molecule has 0 amide bonds. The van der Waals surface area contributed by atoms with Crippen LogP contribution in [-0.4, -0.2) is 18.1 Å². The van der Waals surface area contributed by atoms with E-state index < -0.39 is 5.97 Å². The van der Waals surface area contributed by atoms with Crippen molar-refractivity contribution in [3.63, 3.8) is 0 Å². The normalized spacial score (nSPS) is 10.6. The number of H-pyrrole nitrogens is 1. The molecule has 0 unspecified atom stereocenters. The monoisotopic (exact) mass is 246 g/mol. The van der Waals surface area contributed by atoms with E-state index in [9.17, 15) is 9.70 Å². The summed E-state index contributed by atoms with van der Waals surface area (Å²) >= 11 is 0. The van der Waals surface area contributed by atoms with Crippen molar-refractivity contribution in [3.05, 3.63) is 39.4 Å². The Kier molecular flexibility index (Phi) is 3.14. The van der Waals surface area contributed by atoms with Crippen LogP contribution in [0.4, 0.5) is 0 Å². The molecule has 0 bridgehead atoms. The first-order valence-electron chi connectivity index (χ1n) is 5.58. The van der Waals surface area contributed by atoms with Gasteiger partial charge in [-0.15, -0.1) is 0 Å². The highest BCUT2D eigenvalue weighted by molar-refractivity contribution is 6.00. The van der Waals surface area contributed by atoms with Gasteiger partial charge in [-0.2, -0.15) is 4.91 Å². The smallest absolute Gasteiger partial charge is 0.354 e. The van der Waals surface area contributed by atoms with E-state index in [-0.39, 0.29) is 6.54 Å². The highest BCUT2D eigenvalue weighted by Crippen LogP contribution is 2.29. The van der Waals surface area contributed by atoms with E-state index in [1.165, 1.54) is 7.11 Å². The number of hydrogen-bond donors (Lipinski definition) is 1. The molecule has 1 aromatic carbocycles. The predicted molar refractivity (Wildman–Crippen MR) is 68.6 cm³/mol. The minimum atomic E-state index is -0.483. The lowest BCUT2D eigenvalue weighted by Gasteiger charge is -2.01. The number of aromatic amines is 1. The maximum absolute atomic E-state index is 11.7. The fourth-order valence-electron chi connectivity index (χ4n) is 2.19. The van der Waals surface area contributed by atoms with Crippen molar-refractivity contribution in [2.24, 2.45) is 5.18 Å². The van der Waals surface area contributed by atoms with Crippen LogP contribution in [0, 0.1) is 18.8 Å². The number of ether oxygens (including phenoxy) is 1. The summed E-state index contributed by atoms with van der Waals surface area (Å²) in [4.78, 5) is 25.3. The lowest BCUT2D eigenvalue weighted by atomic mass is 10.0. The zero-order valence-corrected chi connectivity index (χ0v) is 10.5. The van der Waals surface area contributed by atoms with Crippen LogP contribution in [0.2, 0.25) is 0 Å². The van der Waals surface area contributed by atoms with Gasteiger partial charge in [0.25, 0.3) is 0 Å². The molecule has 94 valence electrons. The molecule has 5 heteroatoms. The number of carbonyl (C=O) groups excluding carboxylic acids is 1. The van der Waals surface area contributed by atoms with Gasteiger partial charge < -0.3 is 9.72 Å². The van der Waals surface area contributed by atoms with Crippen molar-refractivity contribution in [3.8, 4) is 0 Å². The highest BCUT2D eigenvalue weighted by atomic mass is 16.5. The van der Waals surface area contributed by atoms with Gasteiger partial charge in [0.2, 0.25) is 0 Å². The van der Waals surface area contributed by atoms with Crippen molar-refractivity contribution in [1.29, 1.82) is 0 Å². The first kappa shape index (κ1) is 12.3. The predicted octanol–water partition coefficient (Wildman–Crippen LogP) is 2.84. The fourth-order valence-corrected chi connectivity index (χ4v) is 2.19. The van der Waals surface area contributed by atoms with Gasteiger partial charge in [0.15, 0.2) is 0 Å². The summed E-state index contributed by atoms with van der Waals surface area (Å²) in [7, 11) is 1.31. The van der Waals surface area contributed by atoms with Gasteiger partial charge in [0, 0.05) is 16.5 Å². The lowest BCUT2D eigenvalue weighted by molar-refractivity contribution is 0.0594. The Balaban J connectivity index is 2.83. The largest absolute Gasteiger partial charge is 0.464 e. The topological polar surface area (TPSA) is 71.5 Å². The molecule has 18 heavy (non-hydrogen) atoms. The van der Waals surface area contributed by atoms with Crippen LogP contribution < -0.4 is 0 Å². The minimum Gasteiger partial charge on any atom is -0.464 e. The molecule has 1 heterocycles. The Labute approximate surface area is 104 Å². The van der Waals surface area contributed by atoms with Crippen molar-refractivity contribution in [2.75, 3.05) is 7.11 Å². The van der Waals surface area contributed by atoms with Gasteiger partial charge in [-0.3, -0.25) is 0 Å². The van der Waals surface area contributed by atoms with E-state index in [0.29, 0.717) is 11.3 Å². The zero-order valence-electron chi connectivity index (χ0n) is 10.5. The molecular weight excluding hydrogens is 232 g/mol. The quantitative estimate of drug-likeness (QED) is 0.668. The Morgan fingerprint density at radius 3 is 2.61 bits per heavy atom. The minimum absolute atomic E-state index is 0.0469. The van der Waals surface area contributed by atoms with Crippen molar-refractivity contribution in [1.82, 2.24) is 4.98 Å². The molecule has 2 rings (SSSR count). The van der Waals surface area contributed by atoms with Crippen LogP contribution in [0.3, 0.4) is 0 Å². The maximum atomic E-state index is 11.7. The van der Waals surface area contributed by atoms with E-state index in [2.05, 4.69) is 10.2 Å². The second-order valence-electron chi connectivity index (χ2n) is 4.21. The number of nitrogens with one attached hydrogen (secondary N) is 1. The molecule has 0 aliphatic carbocycles. The van der Waals surface area contributed by atoms with Crippen molar-refractivity contribution in [2.45, 2.75) is 20.4 Å². The number of aromatic nitrogens is 1. The molecule has 5 nitrogen and oxygen atoms in total. The number of rotatable bonds is 3. The summed E-state index contributed by atoms with van der Waals surface area (Å²) < 4.78 is 4.72. The highest BCUT2D eigenvalue weighted by Gasteiger charge is 2.20. The first-order valence-corrected chi connectivity index (χ1v) is 5.58. The number of fused-ring (bicyclic) bond motifs is 1. The number of carbonyl (C=O) groups is 1. The molecule has 0 saturated heterocycles. The SMILES string of the molecule is COC(=O)c1[nH]c2c(C)ccc(C)c2c1CN=O. The number of nitroso groups, excluding NO2 is 1. The number of hydrogen-bond acceptors (Lipinski definition) is 4. The van der Waals surface area contributed by atoms with E-state index in [4.69, 9.17) is 4.74 Å². The molecule has 0 saturated carbocycles. The van der Waals surface area contributed by atoms with Crippen LogP contribution in [-0.2, 0) is 11.3 Å². The molecule has 1 aromatic heterocycles. The summed E-state index contributed by atoms with van der Waals surface area (Å²) in [6.07, 6.45) is 0. The van der Waals surface area contributed by atoms with Crippen LogP contribution >= 0.6 is 0 Å². The summed E-state index contributed by atoms with van der Waals surface area (Å²) in [5.41, 5.74) is 3.78. The molecule has 0 aliphatic heterocycles. The van der Waals surface area contributed by atoms with Crippen molar-refractivity contribution < 1.29 is 9.53 Å². The van der Waals surface area contributed by atoms with Gasteiger partial charge in [-0.1, -0.05) is 17.3 Å². The number of nitrogens with zero attached hydrogens (tertiary/aromatic N) is 1. The molecule has 2 aromatic rings. The number of esters is 1. The lowest BCUT2D eigenvalue weighted by Crippen LogP contribution is -2.04. The van der Waals surface area contributed by atoms with E-state index in [1.54, 1.807) is 0 Å². The van der Waals surface area contributed by atoms with E-state index >= 15 is 0 Å². The molecular formula is C13H14N2O3. The van der Waals surface area contributed by atoms with E-state index in [0.717, 1.165) is 22.0 Å². The van der Waals surface area contributed by atoms with E-state index in [1.807, 2.05) is 26.0 Å². The maximum Gasteiger partial charge on any atom is 0.354 e. The Hall–Kier alpha value is -2.17. The summed E-state index contributed by atoms with van der Waals surface area (Å²) in [6.45, 7) is 3.83. The second-order valence-corrected chi connectivity index (χ2v) is 4.21. The molecule has 0 radical (unpaired) electrons. The number of benzene rings is 1. The molecule has 0 aliphatic rings. The third-order valence-electron chi connectivity index (χ3n) is 3.09. The average Bonchev–Trinajstić information content (AvgIpc) is 2.74. The summed E-state index contributed by atoms with van der Waals surface area (Å²) in [6, 6.07) is 3.92. The number of aryl methyl sites for hydroxylation is 2. The van der Waals surface area contributed by atoms with Gasteiger partial charge in [0.05, 0.1) is 7.11 Å². The fraction of sp³-hybridized carbons (Fsp3) is 0.308. The van der Waals surface area contributed by atoms with Crippen LogP contribution in [0.1, 0.15) is 27.2 Å². The second kappa shape index (κ2) is 4.60. The van der Waals surface area contributed by atoms with Gasteiger partial charge in [0.1, 0.15) is 12.2 Å². The third kappa shape index (κ3) is 1.77. The summed E-state index contributed by atoms with van der Waals surface area (Å²) in [5, 5.41) is 3.78. The summed E-state index contributed by atoms with van der Waals surface area (Å²) in [5.74, 6) is -0.483. The molecule has 1 N–H and O–H groups in total. The average molecular weight is 246 g/mol. The van der Waals surface area contributed by atoms with Gasteiger partial charge in [-0.05, 0) is 25.0 Å². The molecule has 0 atom stereocenters. The Morgan fingerprint density at radius 1 is 1.33 bits per heavy atom. The third-order valence-corrected chi connectivity index (χ3v) is 3.09.